The topological polar surface area (TPSA) is 15.7 Å². The Kier molecular flexibility index (Phi) is 3.37. The molecule has 0 aromatic heterocycles. The number of benzene rings is 1. The summed E-state index contributed by atoms with van der Waals surface area (Å²) in [5, 5.41) is 0. The van der Waals surface area contributed by atoms with Gasteiger partial charge in [0, 0.05) is 26.7 Å². The van der Waals surface area contributed by atoms with Gasteiger partial charge < -0.3 is 9.64 Å². The summed E-state index contributed by atoms with van der Waals surface area (Å²) in [5.74, 6) is 0. The molecule has 3 heteroatoms. The van der Waals surface area contributed by atoms with Gasteiger partial charge in [0.15, 0.2) is 0 Å². The summed E-state index contributed by atoms with van der Waals surface area (Å²) < 4.78 is 5.32. The third kappa shape index (κ3) is 2.30. The van der Waals surface area contributed by atoms with Crippen LogP contribution in [0.5, 0.6) is 0 Å². The van der Waals surface area contributed by atoms with Gasteiger partial charge in [-0.3, -0.25) is 11.9 Å². The van der Waals surface area contributed by atoms with Crippen LogP contribution in [0.25, 0.3) is 0 Å². The van der Waals surface area contributed by atoms with Crippen molar-refractivity contribution in [2.45, 2.75) is 25.6 Å². The molecule has 2 heterocycles. The average Bonchev–Trinajstić information content (AvgIpc) is 2.32. The van der Waals surface area contributed by atoms with E-state index in [9.17, 15) is 0 Å². The first kappa shape index (κ1) is 12.2. The summed E-state index contributed by atoms with van der Waals surface area (Å²) >= 11 is 0. The molecule has 18 heavy (non-hydrogen) atoms. The van der Waals surface area contributed by atoms with E-state index >= 15 is 0 Å². The van der Waals surface area contributed by atoms with Crippen molar-refractivity contribution >= 4 is 0 Å². The lowest BCUT2D eigenvalue weighted by atomic mass is 9.94. The molecule has 0 aliphatic carbocycles. The van der Waals surface area contributed by atoms with Crippen molar-refractivity contribution in [3.8, 4) is 0 Å². The monoisotopic (exact) mass is 245 g/mol. The van der Waals surface area contributed by atoms with E-state index in [1.165, 1.54) is 11.1 Å². The molecule has 0 atom stereocenters. The summed E-state index contributed by atoms with van der Waals surface area (Å²) in [6.45, 7) is 5.28. The molecule has 98 valence electrons. The highest BCUT2D eigenvalue weighted by Crippen LogP contribution is 2.24. The van der Waals surface area contributed by atoms with Crippen molar-refractivity contribution in [3.63, 3.8) is 0 Å². The fraction of sp³-hybridized carbons (Fsp3) is 0.533. The fourth-order valence-electron chi connectivity index (χ4n) is 2.94. The Morgan fingerprint density at radius 1 is 1.39 bits per heavy atom. The van der Waals surface area contributed by atoms with Crippen molar-refractivity contribution in [1.82, 2.24) is 9.80 Å². The zero-order valence-corrected chi connectivity index (χ0v) is 11.1. The van der Waals surface area contributed by atoms with E-state index in [1.54, 1.807) is 12.7 Å². The number of methoxy groups -OCH3 is 1. The molecule has 1 saturated heterocycles. The van der Waals surface area contributed by atoms with E-state index in [1.807, 2.05) is 0 Å². The van der Waals surface area contributed by atoms with Gasteiger partial charge in [0.25, 0.3) is 0 Å². The van der Waals surface area contributed by atoms with Gasteiger partial charge in [-0.15, -0.1) is 0 Å². The number of fused-ring (bicyclic) bond motifs is 1. The smallest absolute Gasteiger partial charge is 0.0825 e. The van der Waals surface area contributed by atoms with Gasteiger partial charge in [0.2, 0.25) is 0 Å². The quantitative estimate of drug-likeness (QED) is 0.753. The molecule has 3 nitrogen and oxygen atoms in total. The van der Waals surface area contributed by atoms with Crippen LogP contribution in [0.1, 0.15) is 16.7 Å². The number of hydrogen-bond acceptors (Lipinski definition) is 3. The maximum Gasteiger partial charge on any atom is 0.0825 e. The molecular weight excluding hydrogens is 224 g/mol. The third-order valence-electron chi connectivity index (χ3n) is 4.09. The van der Waals surface area contributed by atoms with Crippen molar-refractivity contribution < 1.29 is 4.74 Å². The van der Waals surface area contributed by atoms with Crippen molar-refractivity contribution in [2.75, 3.05) is 26.7 Å². The molecule has 2 aliphatic heterocycles. The summed E-state index contributed by atoms with van der Waals surface area (Å²) in [6.07, 6.45) is 1.58. The highest BCUT2D eigenvalue weighted by Gasteiger charge is 2.27. The predicted molar refractivity (Wildman–Crippen MR) is 72.0 cm³/mol. The van der Waals surface area contributed by atoms with Crippen LogP contribution in [0, 0.1) is 7.05 Å². The highest BCUT2D eigenvalue weighted by atomic mass is 16.5. The maximum atomic E-state index is 5.32. The second kappa shape index (κ2) is 5.00. The Morgan fingerprint density at radius 3 is 3.00 bits per heavy atom. The van der Waals surface area contributed by atoms with E-state index < -0.39 is 0 Å². The minimum atomic E-state index is 0.444. The number of ether oxygens (including phenoxy) is 1. The van der Waals surface area contributed by atoms with Crippen LogP contribution >= 0.6 is 0 Å². The average molecular weight is 245 g/mol. The Morgan fingerprint density at radius 2 is 2.22 bits per heavy atom. The van der Waals surface area contributed by atoms with E-state index in [4.69, 9.17) is 4.74 Å². The highest BCUT2D eigenvalue weighted by molar-refractivity contribution is 5.37. The standard InChI is InChI=1S/C15H21N2O/c1-16-7-6-15-12(8-16)4-3-5-13(15)9-17-10-14(11-17)18-2/h3-5,14H,1,6-11H2,2H3/q-1. The van der Waals surface area contributed by atoms with Gasteiger partial charge in [-0.1, -0.05) is 18.2 Å². The minimum Gasteiger partial charge on any atom is -0.455 e. The van der Waals surface area contributed by atoms with E-state index in [2.05, 4.69) is 35.0 Å². The van der Waals surface area contributed by atoms with Crippen LogP contribution in [0.4, 0.5) is 0 Å². The van der Waals surface area contributed by atoms with Gasteiger partial charge in [-0.2, -0.15) is 0 Å². The Hall–Kier alpha value is -0.900. The molecule has 0 N–H and O–H groups in total. The SMILES string of the molecule is [CH2-]N1CCc2c(cccc2CN2CC(OC)C2)C1. The predicted octanol–water partition coefficient (Wildman–Crippen LogP) is 1.67. The molecule has 0 saturated carbocycles. The van der Waals surface area contributed by atoms with Crippen molar-refractivity contribution in [1.29, 1.82) is 0 Å². The Labute approximate surface area is 109 Å². The van der Waals surface area contributed by atoms with Gasteiger partial charge >= 0.3 is 0 Å². The normalized spacial score (nSPS) is 21.7. The number of nitrogens with zero attached hydrogens (tertiary/aromatic N) is 2. The molecule has 0 spiro atoms. The number of rotatable bonds is 3. The van der Waals surface area contributed by atoms with Crippen LogP contribution in [0.15, 0.2) is 18.2 Å². The Bertz CT molecular complexity index is 427. The van der Waals surface area contributed by atoms with Crippen LogP contribution in [0.3, 0.4) is 0 Å². The first-order chi connectivity index (χ1) is 8.76. The van der Waals surface area contributed by atoms with Gasteiger partial charge in [0.1, 0.15) is 0 Å². The molecule has 1 aromatic carbocycles. The molecule has 0 amide bonds. The zero-order chi connectivity index (χ0) is 12.5. The number of likely N-dealkylation sites (tertiary alicyclic amines) is 1. The molecule has 3 rings (SSSR count). The molecule has 0 bridgehead atoms. The molecular formula is C15H21N2O-. The molecule has 0 unspecified atom stereocenters. The zero-order valence-electron chi connectivity index (χ0n) is 11.1. The second-order valence-electron chi connectivity index (χ2n) is 5.41. The van der Waals surface area contributed by atoms with Gasteiger partial charge in [-0.25, -0.2) is 0 Å². The van der Waals surface area contributed by atoms with E-state index in [-0.39, 0.29) is 0 Å². The van der Waals surface area contributed by atoms with E-state index in [0.717, 1.165) is 39.1 Å². The van der Waals surface area contributed by atoms with Crippen molar-refractivity contribution in [2.24, 2.45) is 0 Å². The van der Waals surface area contributed by atoms with Crippen LogP contribution in [-0.4, -0.2) is 42.6 Å². The van der Waals surface area contributed by atoms with Crippen LogP contribution < -0.4 is 0 Å². The lowest BCUT2D eigenvalue weighted by molar-refractivity contribution is -0.0335. The minimum absolute atomic E-state index is 0.444. The molecule has 1 fully saturated rings. The molecule has 1 aromatic rings. The Balaban J connectivity index is 1.71. The van der Waals surface area contributed by atoms with Crippen molar-refractivity contribution in [3.05, 3.63) is 41.9 Å². The van der Waals surface area contributed by atoms with Crippen LogP contribution in [-0.2, 0) is 24.2 Å². The second-order valence-corrected chi connectivity index (χ2v) is 5.41. The first-order valence-electron chi connectivity index (χ1n) is 6.66. The summed E-state index contributed by atoms with van der Waals surface area (Å²) in [7, 11) is 5.84. The first-order valence-corrected chi connectivity index (χ1v) is 6.66. The summed E-state index contributed by atoms with van der Waals surface area (Å²) in [6, 6.07) is 6.70. The van der Waals surface area contributed by atoms with Crippen LogP contribution in [0.2, 0.25) is 0 Å². The third-order valence-corrected chi connectivity index (χ3v) is 4.09. The van der Waals surface area contributed by atoms with Gasteiger partial charge in [-0.05, 0) is 36.2 Å². The maximum absolute atomic E-state index is 5.32. The number of hydrogen-bond donors (Lipinski definition) is 0. The lowest BCUT2D eigenvalue weighted by Gasteiger charge is -2.39. The fourth-order valence-corrected chi connectivity index (χ4v) is 2.94. The van der Waals surface area contributed by atoms with E-state index in [0.29, 0.717) is 6.10 Å². The lowest BCUT2D eigenvalue weighted by Crippen LogP contribution is -2.51. The molecule has 0 radical (unpaired) electrons. The summed E-state index contributed by atoms with van der Waals surface area (Å²) in [4.78, 5) is 4.61. The largest absolute Gasteiger partial charge is 0.455 e. The summed E-state index contributed by atoms with van der Waals surface area (Å²) in [5.41, 5.74) is 4.51. The van der Waals surface area contributed by atoms with Gasteiger partial charge in [0.05, 0.1) is 6.10 Å². The molecule has 2 aliphatic rings.